The first-order valence-corrected chi connectivity index (χ1v) is 11.4. The molecule has 1 aromatic heterocycles. The highest BCUT2D eigenvalue weighted by Crippen LogP contribution is 2.26. The van der Waals surface area contributed by atoms with Gasteiger partial charge in [0, 0.05) is 24.8 Å². The van der Waals surface area contributed by atoms with Crippen molar-refractivity contribution in [3.63, 3.8) is 0 Å². The lowest BCUT2D eigenvalue weighted by atomic mass is 10.3. The third-order valence-corrected chi connectivity index (χ3v) is 5.59. The number of nitrogens with one attached hydrogen (secondary N) is 2. The lowest BCUT2D eigenvalue weighted by molar-refractivity contribution is -0.114. The first kappa shape index (κ1) is 24.1. The molecule has 10 heteroatoms. The summed E-state index contributed by atoms with van der Waals surface area (Å²) in [6.45, 7) is 5.99. The Balaban J connectivity index is 1.57. The standard InChI is InChI=1S/C23H27N5O4S/c1-5-28-22(15(2)32-20-12-10-19(31-4)11-13-20)26-27-23(28)33-14-21(30)25-18-8-6-17(7-9-18)24-16(3)29/h6-13,15H,5,14H2,1-4H3,(H,24,29)(H,25,30). The fourth-order valence-electron chi connectivity index (χ4n) is 3.08. The number of rotatable bonds is 10. The molecule has 3 aromatic rings. The van der Waals surface area contributed by atoms with Crippen molar-refractivity contribution in [2.24, 2.45) is 0 Å². The lowest BCUT2D eigenvalue weighted by Crippen LogP contribution is -2.15. The minimum atomic E-state index is -0.323. The molecule has 9 nitrogen and oxygen atoms in total. The molecule has 0 fully saturated rings. The van der Waals surface area contributed by atoms with Crippen molar-refractivity contribution in [2.75, 3.05) is 23.5 Å². The van der Waals surface area contributed by atoms with E-state index >= 15 is 0 Å². The molecule has 3 rings (SSSR count). The number of carbonyl (C=O) groups excluding carboxylic acids is 2. The van der Waals surface area contributed by atoms with Gasteiger partial charge in [-0.25, -0.2) is 0 Å². The monoisotopic (exact) mass is 469 g/mol. The topological polar surface area (TPSA) is 107 Å². The number of hydrogen-bond acceptors (Lipinski definition) is 7. The molecule has 1 unspecified atom stereocenters. The van der Waals surface area contributed by atoms with Crippen LogP contribution in [0.25, 0.3) is 0 Å². The number of thioether (sulfide) groups is 1. The first-order valence-electron chi connectivity index (χ1n) is 10.4. The summed E-state index contributed by atoms with van der Waals surface area (Å²) in [6.07, 6.45) is -0.323. The zero-order valence-corrected chi connectivity index (χ0v) is 19.8. The summed E-state index contributed by atoms with van der Waals surface area (Å²) >= 11 is 1.31. The fourth-order valence-corrected chi connectivity index (χ4v) is 3.89. The maximum Gasteiger partial charge on any atom is 0.234 e. The summed E-state index contributed by atoms with van der Waals surface area (Å²) < 4.78 is 13.1. The van der Waals surface area contributed by atoms with Gasteiger partial charge in [-0.15, -0.1) is 10.2 Å². The highest BCUT2D eigenvalue weighted by molar-refractivity contribution is 7.99. The summed E-state index contributed by atoms with van der Waals surface area (Å²) in [5.74, 6) is 2.01. The summed E-state index contributed by atoms with van der Waals surface area (Å²) in [5, 5.41) is 14.7. The molecule has 0 radical (unpaired) electrons. The highest BCUT2D eigenvalue weighted by Gasteiger charge is 2.19. The quantitative estimate of drug-likeness (QED) is 0.430. The van der Waals surface area contributed by atoms with Gasteiger partial charge >= 0.3 is 0 Å². The van der Waals surface area contributed by atoms with Crippen LogP contribution in [0, 0.1) is 0 Å². The van der Waals surface area contributed by atoms with Crippen LogP contribution < -0.4 is 20.1 Å². The van der Waals surface area contributed by atoms with Gasteiger partial charge < -0.3 is 24.7 Å². The van der Waals surface area contributed by atoms with Gasteiger partial charge in [-0.2, -0.15) is 0 Å². The van der Waals surface area contributed by atoms with Gasteiger partial charge in [-0.05, 0) is 62.4 Å². The Kier molecular flexibility index (Phi) is 8.31. The van der Waals surface area contributed by atoms with Gasteiger partial charge in [0.15, 0.2) is 17.1 Å². The van der Waals surface area contributed by atoms with Crippen LogP contribution in [0.15, 0.2) is 53.7 Å². The summed E-state index contributed by atoms with van der Waals surface area (Å²) in [6, 6.07) is 14.3. The molecule has 33 heavy (non-hydrogen) atoms. The number of hydrogen-bond donors (Lipinski definition) is 2. The van der Waals surface area contributed by atoms with Crippen molar-refractivity contribution in [1.29, 1.82) is 0 Å². The second-order valence-electron chi connectivity index (χ2n) is 7.12. The van der Waals surface area contributed by atoms with E-state index in [9.17, 15) is 9.59 Å². The average Bonchev–Trinajstić information content (AvgIpc) is 3.22. The molecule has 2 amide bonds. The van der Waals surface area contributed by atoms with Crippen LogP contribution in [-0.2, 0) is 16.1 Å². The van der Waals surface area contributed by atoms with Crippen LogP contribution in [0.3, 0.4) is 0 Å². The van der Waals surface area contributed by atoms with E-state index in [1.807, 2.05) is 42.7 Å². The predicted octanol–water partition coefficient (Wildman–Crippen LogP) is 4.14. The molecule has 0 bridgehead atoms. The maximum atomic E-state index is 12.4. The van der Waals surface area contributed by atoms with E-state index in [-0.39, 0.29) is 23.7 Å². The number of nitrogens with zero attached hydrogens (tertiary/aromatic N) is 3. The largest absolute Gasteiger partial charge is 0.497 e. The Morgan fingerprint density at radius 1 is 1.00 bits per heavy atom. The molecule has 2 N–H and O–H groups in total. The summed E-state index contributed by atoms with van der Waals surface area (Å²) in [5.41, 5.74) is 1.32. The van der Waals surface area contributed by atoms with Crippen molar-refractivity contribution < 1.29 is 19.1 Å². The third kappa shape index (κ3) is 6.72. The molecule has 0 saturated heterocycles. The second-order valence-corrected chi connectivity index (χ2v) is 8.06. The van der Waals surface area contributed by atoms with Gasteiger partial charge in [-0.1, -0.05) is 11.8 Å². The zero-order valence-electron chi connectivity index (χ0n) is 19.0. The number of aromatic nitrogens is 3. The summed E-state index contributed by atoms with van der Waals surface area (Å²) in [4.78, 5) is 23.5. The Morgan fingerprint density at radius 2 is 1.61 bits per heavy atom. The average molecular weight is 470 g/mol. The van der Waals surface area contributed by atoms with Gasteiger partial charge in [0.05, 0.1) is 12.9 Å². The SMILES string of the molecule is CCn1c(SCC(=O)Nc2ccc(NC(C)=O)cc2)nnc1C(C)Oc1ccc(OC)cc1. The predicted molar refractivity (Wildman–Crippen MR) is 128 cm³/mol. The first-order chi connectivity index (χ1) is 15.9. The Morgan fingerprint density at radius 3 is 2.18 bits per heavy atom. The minimum Gasteiger partial charge on any atom is -0.497 e. The number of anilines is 2. The van der Waals surface area contributed by atoms with Crippen LogP contribution in [0.1, 0.15) is 32.7 Å². The zero-order chi connectivity index (χ0) is 23.8. The number of carbonyl (C=O) groups is 2. The maximum absolute atomic E-state index is 12.4. The van der Waals surface area contributed by atoms with Gasteiger partial charge in [0.2, 0.25) is 11.8 Å². The molecule has 0 aliphatic carbocycles. The molecule has 0 aliphatic rings. The number of methoxy groups -OCH3 is 1. The molecule has 0 saturated carbocycles. The third-order valence-electron chi connectivity index (χ3n) is 4.62. The number of ether oxygens (including phenoxy) is 2. The molecule has 174 valence electrons. The molecule has 1 heterocycles. The van der Waals surface area contributed by atoms with E-state index in [1.165, 1.54) is 18.7 Å². The van der Waals surface area contributed by atoms with Crippen molar-refractivity contribution in [2.45, 2.75) is 38.6 Å². The molecule has 1 atom stereocenters. The van der Waals surface area contributed by atoms with Crippen LogP contribution >= 0.6 is 11.8 Å². The molecular formula is C23H27N5O4S. The Bertz CT molecular complexity index is 1080. The van der Waals surface area contributed by atoms with E-state index < -0.39 is 0 Å². The minimum absolute atomic E-state index is 0.147. The van der Waals surface area contributed by atoms with Crippen LogP contribution in [0.4, 0.5) is 11.4 Å². The molecule has 0 spiro atoms. The molecular weight excluding hydrogens is 442 g/mol. The second kappa shape index (κ2) is 11.4. The van der Waals surface area contributed by atoms with Crippen molar-refractivity contribution >= 4 is 35.0 Å². The number of amides is 2. The van der Waals surface area contributed by atoms with Crippen molar-refractivity contribution in [3.05, 3.63) is 54.4 Å². The normalized spacial score (nSPS) is 11.5. The van der Waals surface area contributed by atoms with E-state index in [4.69, 9.17) is 9.47 Å². The molecule has 0 aliphatic heterocycles. The Hall–Kier alpha value is -3.53. The van der Waals surface area contributed by atoms with E-state index in [2.05, 4.69) is 20.8 Å². The summed E-state index contributed by atoms with van der Waals surface area (Å²) in [7, 11) is 1.62. The van der Waals surface area contributed by atoms with E-state index in [1.54, 1.807) is 31.4 Å². The number of benzene rings is 2. The van der Waals surface area contributed by atoms with E-state index in [0.717, 1.165) is 5.75 Å². The highest BCUT2D eigenvalue weighted by atomic mass is 32.2. The van der Waals surface area contributed by atoms with Crippen LogP contribution in [0.5, 0.6) is 11.5 Å². The van der Waals surface area contributed by atoms with Gasteiger partial charge in [0.25, 0.3) is 0 Å². The Labute approximate surface area is 196 Å². The van der Waals surface area contributed by atoms with Gasteiger partial charge in [-0.3, -0.25) is 9.59 Å². The lowest BCUT2D eigenvalue weighted by Gasteiger charge is -2.15. The smallest absolute Gasteiger partial charge is 0.234 e. The fraction of sp³-hybridized carbons (Fsp3) is 0.304. The van der Waals surface area contributed by atoms with Gasteiger partial charge in [0.1, 0.15) is 11.5 Å². The molecule has 2 aromatic carbocycles. The van der Waals surface area contributed by atoms with Crippen LogP contribution in [0.2, 0.25) is 0 Å². The van der Waals surface area contributed by atoms with Crippen molar-refractivity contribution in [1.82, 2.24) is 14.8 Å². The van der Waals surface area contributed by atoms with Crippen molar-refractivity contribution in [3.8, 4) is 11.5 Å². The van der Waals surface area contributed by atoms with E-state index in [0.29, 0.717) is 34.6 Å². The van der Waals surface area contributed by atoms with Crippen LogP contribution in [-0.4, -0.2) is 39.4 Å².